The van der Waals surface area contributed by atoms with Gasteiger partial charge in [0.25, 0.3) is 0 Å². The number of rotatable bonds is 10. The van der Waals surface area contributed by atoms with Crippen molar-refractivity contribution in [3.63, 3.8) is 0 Å². The first-order valence-electron chi connectivity index (χ1n) is 8.40. The lowest BCUT2D eigenvalue weighted by Gasteiger charge is -2.25. The fraction of sp³-hybridized carbons (Fsp3) is 0.684. The lowest BCUT2D eigenvalue weighted by molar-refractivity contribution is 0.0992. The van der Waals surface area contributed by atoms with Gasteiger partial charge in [0.1, 0.15) is 11.4 Å². The van der Waals surface area contributed by atoms with Gasteiger partial charge in [0.15, 0.2) is 11.6 Å². The maximum Gasteiger partial charge on any atom is 0.168 e. The molecule has 0 unspecified atom stereocenters. The van der Waals surface area contributed by atoms with Crippen LogP contribution in [0.4, 0.5) is 4.39 Å². The molecule has 0 N–H and O–H groups in total. The van der Waals surface area contributed by atoms with Crippen LogP contribution in [0.25, 0.3) is 0 Å². The lowest BCUT2D eigenvalue weighted by atomic mass is 10.1. The zero-order valence-electron chi connectivity index (χ0n) is 15.6. The van der Waals surface area contributed by atoms with Crippen molar-refractivity contribution in [1.29, 1.82) is 0 Å². The Balaban J connectivity index is 2.38. The molecule has 0 aliphatic carbocycles. The summed E-state index contributed by atoms with van der Waals surface area (Å²) in [5, 5.41) is 0. The number of hydrogen-bond acceptors (Lipinski definition) is 2. The molecule has 0 radical (unpaired) electrons. The Bertz CT molecular complexity index is 481. The van der Waals surface area contributed by atoms with Gasteiger partial charge < -0.3 is 9.47 Å². The average molecular weight is 345 g/mol. The van der Waals surface area contributed by atoms with Crippen LogP contribution in [0.15, 0.2) is 18.2 Å². The second-order valence-corrected chi connectivity index (χ2v) is 12.1. The van der Waals surface area contributed by atoms with Crippen molar-refractivity contribution >= 4 is 10.0 Å². The molecule has 0 heterocycles. The highest BCUT2D eigenvalue weighted by molar-refractivity contribution is 8.32. The third-order valence-corrected chi connectivity index (χ3v) is 5.32. The molecule has 134 valence electrons. The number of halogens is 1. The summed E-state index contributed by atoms with van der Waals surface area (Å²) in [5.41, 5.74) is -0.363. The minimum absolute atomic E-state index is 0.289. The minimum Gasteiger partial charge on any atom is -0.493 e. The molecular weight excluding hydrogens is 311 g/mol. The predicted molar refractivity (Wildman–Crippen MR) is 101 cm³/mol. The van der Waals surface area contributed by atoms with Gasteiger partial charge in [-0.1, -0.05) is 6.92 Å². The number of benzene rings is 1. The highest BCUT2D eigenvalue weighted by Crippen LogP contribution is 2.35. The van der Waals surface area contributed by atoms with Crippen LogP contribution < -0.4 is 9.47 Å². The Labute approximate surface area is 143 Å². The van der Waals surface area contributed by atoms with Gasteiger partial charge >= 0.3 is 0 Å². The third-order valence-electron chi connectivity index (χ3n) is 3.81. The number of unbranched alkanes of at least 4 members (excludes halogenated alkanes) is 2. The summed E-state index contributed by atoms with van der Waals surface area (Å²) in [4.78, 5) is 0. The first kappa shape index (κ1) is 20.1. The predicted octanol–water partition coefficient (Wildman–Crippen LogP) is 5.64. The van der Waals surface area contributed by atoms with Gasteiger partial charge in [-0.3, -0.25) is 0 Å². The van der Waals surface area contributed by atoms with Gasteiger partial charge in [0.05, 0.1) is 6.61 Å². The van der Waals surface area contributed by atoms with Crippen molar-refractivity contribution in [1.82, 2.24) is 0 Å². The van der Waals surface area contributed by atoms with E-state index in [2.05, 4.69) is 18.8 Å². The van der Waals surface area contributed by atoms with Crippen molar-refractivity contribution in [3.05, 3.63) is 24.0 Å². The number of hydrogen-bond donors (Lipinski definition) is 0. The van der Waals surface area contributed by atoms with E-state index in [-0.39, 0.29) is 17.2 Å². The molecule has 23 heavy (non-hydrogen) atoms. The topological polar surface area (TPSA) is 18.5 Å². The fourth-order valence-electron chi connectivity index (χ4n) is 2.03. The van der Waals surface area contributed by atoms with Crippen molar-refractivity contribution in [2.75, 3.05) is 31.1 Å². The van der Waals surface area contributed by atoms with E-state index in [0.29, 0.717) is 12.4 Å². The average Bonchev–Trinajstić information content (AvgIpc) is 2.44. The Hall–Kier alpha value is -0.900. The van der Waals surface area contributed by atoms with Crippen molar-refractivity contribution < 1.29 is 13.9 Å². The quantitative estimate of drug-likeness (QED) is 0.512. The Kier molecular flexibility index (Phi) is 7.72. The van der Waals surface area contributed by atoms with Gasteiger partial charge in [-0.15, -0.1) is 0 Å². The molecule has 1 aromatic rings. The lowest BCUT2D eigenvalue weighted by Crippen LogP contribution is -2.27. The van der Waals surface area contributed by atoms with Gasteiger partial charge in [-0.05, 0) is 76.2 Å². The van der Waals surface area contributed by atoms with Crippen LogP contribution in [-0.4, -0.2) is 36.7 Å². The van der Waals surface area contributed by atoms with E-state index >= 15 is 0 Å². The molecule has 0 saturated heterocycles. The zero-order chi connectivity index (χ0) is 17.5. The van der Waals surface area contributed by atoms with E-state index in [9.17, 15) is 4.39 Å². The molecule has 0 spiro atoms. The molecule has 0 aromatic heterocycles. The molecule has 0 aliphatic rings. The molecule has 0 bridgehead atoms. The second-order valence-electron chi connectivity index (χ2n) is 7.51. The van der Waals surface area contributed by atoms with Gasteiger partial charge in [-0.25, -0.2) is 14.4 Å². The minimum atomic E-state index is -0.395. The molecule has 0 fully saturated rings. The molecule has 1 rings (SSSR count). The summed E-state index contributed by atoms with van der Waals surface area (Å²) in [6.07, 6.45) is 11.3. The van der Waals surface area contributed by atoms with Crippen LogP contribution in [0.1, 0.15) is 46.5 Å². The summed E-state index contributed by atoms with van der Waals surface area (Å²) in [6.45, 7) is 6.57. The summed E-state index contributed by atoms with van der Waals surface area (Å²) >= 11 is 0. The van der Waals surface area contributed by atoms with Crippen LogP contribution in [0.3, 0.4) is 0 Å². The SMILES string of the molecule is CCC(C)(C)Oc1ccc(OCCCCCS(C)(C)C)cc1F. The van der Waals surface area contributed by atoms with Crippen LogP contribution in [0.2, 0.25) is 0 Å². The van der Waals surface area contributed by atoms with Crippen molar-refractivity contribution in [2.45, 2.75) is 52.1 Å². The summed E-state index contributed by atoms with van der Waals surface area (Å²) in [6, 6.07) is 4.86. The summed E-state index contributed by atoms with van der Waals surface area (Å²) in [7, 11) is -0.395. The van der Waals surface area contributed by atoms with Gasteiger partial charge in [0.2, 0.25) is 0 Å². The maximum absolute atomic E-state index is 14.1. The van der Waals surface area contributed by atoms with E-state index in [1.54, 1.807) is 12.1 Å². The Morgan fingerprint density at radius 3 is 2.35 bits per heavy atom. The normalized spacial score (nSPS) is 13.0. The highest BCUT2D eigenvalue weighted by Gasteiger charge is 2.19. The second kappa shape index (κ2) is 8.81. The standard InChI is InChI=1S/C19H33FO2S/c1-7-19(2,3)22-18-12-11-16(15-17(18)20)21-13-9-8-10-14-23(4,5)6/h11-12,15H,7-10,13-14H2,1-6H3. The van der Waals surface area contributed by atoms with E-state index in [0.717, 1.165) is 12.8 Å². The van der Waals surface area contributed by atoms with Crippen LogP contribution >= 0.6 is 10.0 Å². The van der Waals surface area contributed by atoms with Crippen LogP contribution in [0.5, 0.6) is 11.5 Å². The summed E-state index contributed by atoms with van der Waals surface area (Å²) in [5.74, 6) is 1.81. The first-order chi connectivity index (χ1) is 10.6. The highest BCUT2D eigenvalue weighted by atomic mass is 32.3. The smallest absolute Gasteiger partial charge is 0.168 e. The van der Waals surface area contributed by atoms with Crippen molar-refractivity contribution in [3.8, 4) is 11.5 Å². The maximum atomic E-state index is 14.1. The largest absolute Gasteiger partial charge is 0.493 e. The monoisotopic (exact) mass is 344 g/mol. The molecule has 1 aromatic carbocycles. The third kappa shape index (κ3) is 8.50. The fourth-order valence-corrected chi connectivity index (χ4v) is 3.10. The molecule has 0 aliphatic heterocycles. The molecular formula is C19H33FO2S. The van der Waals surface area contributed by atoms with Gasteiger partial charge in [0, 0.05) is 6.07 Å². The van der Waals surface area contributed by atoms with Crippen LogP contribution in [0, 0.1) is 5.82 Å². The molecule has 2 nitrogen and oxygen atoms in total. The first-order valence-corrected chi connectivity index (χ1v) is 11.4. The zero-order valence-corrected chi connectivity index (χ0v) is 16.4. The summed E-state index contributed by atoms with van der Waals surface area (Å²) < 4.78 is 25.4. The van der Waals surface area contributed by atoms with E-state index in [4.69, 9.17) is 9.47 Å². The number of ether oxygens (including phenoxy) is 2. The van der Waals surface area contributed by atoms with E-state index < -0.39 is 10.0 Å². The Morgan fingerprint density at radius 1 is 1.09 bits per heavy atom. The van der Waals surface area contributed by atoms with E-state index in [1.807, 2.05) is 20.8 Å². The van der Waals surface area contributed by atoms with Crippen LogP contribution in [-0.2, 0) is 0 Å². The van der Waals surface area contributed by atoms with E-state index in [1.165, 1.54) is 24.7 Å². The van der Waals surface area contributed by atoms with Gasteiger partial charge in [-0.2, -0.15) is 0 Å². The molecule has 4 heteroatoms. The molecule has 0 atom stereocenters. The van der Waals surface area contributed by atoms with Crippen molar-refractivity contribution in [2.24, 2.45) is 0 Å². The molecule has 0 amide bonds. The molecule has 0 saturated carbocycles. The Morgan fingerprint density at radius 2 is 1.78 bits per heavy atom.